The maximum absolute atomic E-state index is 13.1. The number of pyridine rings is 1. The zero-order valence-electron chi connectivity index (χ0n) is 18.6. The summed E-state index contributed by atoms with van der Waals surface area (Å²) in [6.07, 6.45) is 0.108. The summed E-state index contributed by atoms with van der Waals surface area (Å²) in [4.78, 5) is 23.6. The van der Waals surface area contributed by atoms with Crippen molar-refractivity contribution < 1.29 is 26.4 Å². The summed E-state index contributed by atoms with van der Waals surface area (Å²) in [7, 11) is -3.80. The van der Waals surface area contributed by atoms with Crippen molar-refractivity contribution in [2.45, 2.75) is 13.1 Å². The second kappa shape index (κ2) is 9.88. The van der Waals surface area contributed by atoms with E-state index < -0.39 is 21.8 Å². The molecule has 12 heteroatoms. The van der Waals surface area contributed by atoms with Gasteiger partial charge in [0.05, 0.1) is 11.3 Å². The number of benzene rings is 1. The van der Waals surface area contributed by atoms with Gasteiger partial charge in [-0.15, -0.1) is 11.3 Å². The third kappa shape index (κ3) is 5.77. The van der Waals surface area contributed by atoms with Crippen LogP contribution in [0.1, 0.15) is 26.5 Å². The highest BCUT2D eigenvalue weighted by Crippen LogP contribution is 2.30. The van der Waals surface area contributed by atoms with Gasteiger partial charge in [0.15, 0.2) is 0 Å². The molecule has 0 radical (unpaired) electrons. The highest BCUT2D eigenvalue weighted by atomic mass is 32.2. The molecule has 4 rings (SSSR count). The lowest BCUT2D eigenvalue weighted by atomic mass is 10.1. The summed E-state index contributed by atoms with van der Waals surface area (Å²) < 4.78 is 64.7. The van der Waals surface area contributed by atoms with Gasteiger partial charge in [-0.3, -0.25) is 9.78 Å². The van der Waals surface area contributed by atoms with Crippen LogP contribution in [-0.4, -0.2) is 59.7 Å². The van der Waals surface area contributed by atoms with Crippen LogP contribution in [0.2, 0.25) is 0 Å². The molecule has 1 fully saturated rings. The zero-order valence-corrected chi connectivity index (χ0v) is 20.2. The van der Waals surface area contributed by atoms with E-state index >= 15 is 0 Å². The minimum Gasteiger partial charge on any atom is -0.335 e. The van der Waals surface area contributed by atoms with E-state index in [0.29, 0.717) is 21.1 Å². The molecule has 184 valence electrons. The fraction of sp³-hybridized carbons (Fsp3) is 0.261. The Bertz CT molecular complexity index is 1330. The van der Waals surface area contributed by atoms with Crippen molar-refractivity contribution in [1.82, 2.24) is 19.2 Å². The van der Waals surface area contributed by atoms with Crippen LogP contribution in [0.25, 0.3) is 16.6 Å². The first-order valence-corrected chi connectivity index (χ1v) is 12.9. The zero-order chi connectivity index (χ0) is 25.2. The molecular weight excluding hydrogens is 501 g/mol. The standard InChI is InChI=1S/C23H21F3N4O3S2/c1-16-20(34-21(28-16)18-6-9-27-10-7-18)22(31)29-11-13-30(14-12-29)35(32,33)15-8-17-2-4-19(5-3-17)23(24,25)26/h2-10,15H,11-14H2,1H3/b15-8+. The predicted molar refractivity (Wildman–Crippen MR) is 127 cm³/mol. The monoisotopic (exact) mass is 522 g/mol. The third-order valence-electron chi connectivity index (χ3n) is 5.47. The fourth-order valence-corrected chi connectivity index (χ4v) is 5.75. The number of halogens is 3. The van der Waals surface area contributed by atoms with E-state index in [1.54, 1.807) is 24.2 Å². The van der Waals surface area contributed by atoms with Gasteiger partial charge in [0.25, 0.3) is 5.91 Å². The second-order valence-electron chi connectivity index (χ2n) is 7.83. The summed E-state index contributed by atoms with van der Waals surface area (Å²) in [5, 5.41) is 1.68. The highest BCUT2D eigenvalue weighted by Gasteiger charge is 2.31. The number of nitrogens with zero attached hydrogens (tertiary/aromatic N) is 4. The van der Waals surface area contributed by atoms with Gasteiger partial charge < -0.3 is 4.90 Å². The van der Waals surface area contributed by atoms with Crippen molar-refractivity contribution in [3.8, 4) is 10.6 Å². The number of alkyl halides is 3. The van der Waals surface area contributed by atoms with E-state index in [0.717, 1.165) is 23.1 Å². The number of carbonyl (C=O) groups excluding carboxylic acids is 1. The molecule has 0 saturated carbocycles. The van der Waals surface area contributed by atoms with E-state index in [2.05, 4.69) is 9.97 Å². The van der Waals surface area contributed by atoms with Crippen LogP contribution in [0.15, 0.2) is 54.2 Å². The number of piperazine rings is 1. The number of aromatic nitrogens is 2. The Kier molecular flexibility index (Phi) is 7.06. The van der Waals surface area contributed by atoms with Crippen LogP contribution < -0.4 is 0 Å². The fourth-order valence-electron chi connectivity index (χ4n) is 3.54. The maximum atomic E-state index is 13.1. The van der Waals surface area contributed by atoms with E-state index in [4.69, 9.17) is 0 Å². The van der Waals surface area contributed by atoms with Gasteiger partial charge in [0.1, 0.15) is 9.88 Å². The van der Waals surface area contributed by atoms with Crippen molar-refractivity contribution in [3.05, 3.63) is 75.9 Å². The summed E-state index contributed by atoms with van der Waals surface area (Å²) in [5.41, 5.74) is 1.01. The Balaban J connectivity index is 1.39. The van der Waals surface area contributed by atoms with Crippen molar-refractivity contribution in [2.75, 3.05) is 26.2 Å². The summed E-state index contributed by atoms with van der Waals surface area (Å²) >= 11 is 1.29. The Morgan fingerprint density at radius 2 is 1.66 bits per heavy atom. The van der Waals surface area contributed by atoms with Gasteiger partial charge in [-0.05, 0) is 42.8 Å². The lowest BCUT2D eigenvalue weighted by molar-refractivity contribution is -0.137. The average molecular weight is 523 g/mol. The van der Waals surface area contributed by atoms with Crippen molar-refractivity contribution in [3.63, 3.8) is 0 Å². The van der Waals surface area contributed by atoms with Crippen molar-refractivity contribution >= 4 is 33.3 Å². The number of rotatable bonds is 5. The molecule has 3 aromatic rings. The summed E-state index contributed by atoms with van der Waals surface area (Å²) in [5.74, 6) is -0.197. The molecule has 0 aliphatic carbocycles. The molecule has 0 atom stereocenters. The first-order chi connectivity index (χ1) is 16.5. The number of thiazole rings is 1. The third-order valence-corrected chi connectivity index (χ3v) is 8.23. The van der Waals surface area contributed by atoms with Gasteiger partial charge in [0, 0.05) is 49.5 Å². The molecule has 0 unspecified atom stereocenters. The Morgan fingerprint density at radius 3 is 2.26 bits per heavy atom. The molecule has 2 aromatic heterocycles. The quantitative estimate of drug-likeness (QED) is 0.499. The number of carbonyl (C=O) groups is 1. The van der Waals surface area contributed by atoms with Gasteiger partial charge >= 0.3 is 6.18 Å². The SMILES string of the molecule is Cc1nc(-c2ccncc2)sc1C(=O)N1CCN(S(=O)(=O)/C=C/c2ccc(C(F)(F)F)cc2)CC1. The van der Waals surface area contributed by atoms with Gasteiger partial charge in [-0.1, -0.05) is 12.1 Å². The number of hydrogen-bond acceptors (Lipinski definition) is 6. The van der Waals surface area contributed by atoms with Crippen LogP contribution in [0.5, 0.6) is 0 Å². The number of amides is 1. The minimum absolute atomic E-state index is 0.112. The molecule has 1 aromatic carbocycles. The van der Waals surface area contributed by atoms with Gasteiger partial charge in [-0.25, -0.2) is 13.4 Å². The molecule has 0 spiro atoms. The molecule has 1 saturated heterocycles. The summed E-state index contributed by atoms with van der Waals surface area (Å²) in [6.45, 7) is 2.42. The van der Waals surface area contributed by atoms with E-state index in [1.165, 1.54) is 33.9 Å². The number of aryl methyl sites for hydroxylation is 1. The van der Waals surface area contributed by atoms with E-state index in [-0.39, 0.29) is 32.1 Å². The lowest BCUT2D eigenvalue weighted by Crippen LogP contribution is -2.50. The van der Waals surface area contributed by atoms with Crippen molar-refractivity contribution in [2.24, 2.45) is 0 Å². The first kappa shape index (κ1) is 25.0. The maximum Gasteiger partial charge on any atom is 0.416 e. The molecule has 1 aliphatic heterocycles. The predicted octanol–water partition coefficient (Wildman–Crippen LogP) is 4.29. The average Bonchev–Trinajstić information content (AvgIpc) is 3.24. The van der Waals surface area contributed by atoms with Crippen LogP contribution >= 0.6 is 11.3 Å². The molecule has 7 nitrogen and oxygen atoms in total. The minimum atomic E-state index is -4.45. The highest BCUT2D eigenvalue weighted by molar-refractivity contribution is 7.92. The van der Waals surface area contributed by atoms with E-state index in [1.807, 2.05) is 12.1 Å². The summed E-state index contributed by atoms with van der Waals surface area (Å²) in [6, 6.07) is 7.85. The normalized spacial score (nSPS) is 15.6. The van der Waals surface area contributed by atoms with Crippen LogP contribution in [0.3, 0.4) is 0 Å². The largest absolute Gasteiger partial charge is 0.416 e. The first-order valence-electron chi connectivity index (χ1n) is 10.6. The molecule has 0 bridgehead atoms. The molecule has 1 amide bonds. The molecule has 1 aliphatic rings. The lowest BCUT2D eigenvalue weighted by Gasteiger charge is -2.33. The Morgan fingerprint density at radius 1 is 1.03 bits per heavy atom. The van der Waals surface area contributed by atoms with Gasteiger partial charge in [0.2, 0.25) is 10.0 Å². The topological polar surface area (TPSA) is 83.5 Å². The van der Waals surface area contributed by atoms with Crippen LogP contribution in [-0.2, 0) is 16.2 Å². The molecule has 3 heterocycles. The molecular formula is C23H21F3N4O3S2. The Labute approximate surface area is 204 Å². The second-order valence-corrected chi connectivity index (χ2v) is 10.6. The Hall–Kier alpha value is -3.09. The van der Waals surface area contributed by atoms with E-state index in [9.17, 15) is 26.4 Å². The van der Waals surface area contributed by atoms with Crippen LogP contribution in [0.4, 0.5) is 13.2 Å². The number of hydrogen-bond donors (Lipinski definition) is 0. The smallest absolute Gasteiger partial charge is 0.335 e. The van der Waals surface area contributed by atoms with Crippen molar-refractivity contribution in [1.29, 1.82) is 0 Å². The molecule has 0 N–H and O–H groups in total. The van der Waals surface area contributed by atoms with Crippen LogP contribution in [0, 0.1) is 6.92 Å². The van der Waals surface area contributed by atoms with Gasteiger partial charge in [-0.2, -0.15) is 17.5 Å². The number of sulfonamides is 1. The molecule has 35 heavy (non-hydrogen) atoms.